The lowest BCUT2D eigenvalue weighted by molar-refractivity contribution is 0.119. The Kier molecular flexibility index (Phi) is 7.03. The van der Waals surface area contributed by atoms with E-state index in [1.54, 1.807) is 0 Å². The van der Waals surface area contributed by atoms with Crippen molar-refractivity contribution in [1.29, 1.82) is 5.26 Å². The van der Waals surface area contributed by atoms with Crippen LogP contribution in [0, 0.1) is 11.3 Å². The van der Waals surface area contributed by atoms with Crippen LogP contribution in [0.25, 0.3) is 10.9 Å². The molecule has 1 unspecified atom stereocenters. The number of benzene rings is 1. The highest BCUT2D eigenvalue weighted by Gasteiger charge is 2.34. The molecule has 10 nitrogen and oxygen atoms in total. The summed E-state index contributed by atoms with van der Waals surface area (Å²) >= 11 is 3.66. The van der Waals surface area contributed by atoms with Gasteiger partial charge in [0.05, 0.1) is 36.0 Å². The van der Waals surface area contributed by atoms with Gasteiger partial charge in [-0.25, -0.2) is 9.18 Å². The first-order chi connectivity index (χ1) is 17.4. The molecule has 192 valence electrons. The molecule has 5 rings (SSSR count). The molecule has 2 fully saturated rings. The number of rotatable bonds is 5. The minimum Gasteiger partial charge on any atom is -0.492 e. The van der Waals surface area contributed by atoms with Crippen LogP contribution in [0.15, 0.2) is 10.5 Å². The molecule has 1 amide bonds. The number of fused-ring (bicyclic) bond motifs is 3. The van der Waals surface area contributed by atoms with Crippen LogP contribution in [0.4, 0.5) is 15.0 Å². The summed E-state index contributed by atoms with van der Waals surface area (Å²) in [7, 11) is 1.87. The van der Waals surface area contributed by atoms with Gasteiger partial charge in [0.1, 0.15) is 24.3 Å². The molecule has 3 aliphatic heterocycles. The minimum absolute atomic E-state index is 0.0690. The summed E-state index contributed by atoms with van der Waals surface area (Å²) in [5, 5.41) is 19.7. The Labute approximate surface area is 216 Å². The summed E-state index contributed by atoms with van der Waals surface area (Å²) in [4.78, 5) is 26.4. The van der Waals surface area contributed by atoms with Crippen molar-refractivity contribution in [2.24, 2.45) is 0 Å². The number of halogens is 2. The summed E-state index contributed by atoms with van der Waals surface area (Å²) in [5.41, 5.74) is 1.69. The third-order valence-electron chi connectivity index (χ3n) is 7.16. The number of amides is 1. The van der Waals surface area contributed by atoms with Gasteiger partial charge in [0.15, 0.2) is 0 Å². The molecule has 1 aromatic carbocycles. The third kappa shape index (κ3) is 4.74. The zero-order valence-electron chi connectivity index (χ0n) is 20.0. The molecule has 36 heavy (non-hydrogen) atoms. The van der Waals surface area contributed by atoms with E-state index in [0.29, 0.717) is 44.0 Å². The number of piperazine rings is 1. The first-order valence-electron chi connectivity index (χ1n) is 12.1. The SMILES string of the molecule is CN1C[C@H](F)C[C@H]1COc1nc(N2CCN(C(=O)O)C(CC#N)C2)c2c3c(c(Br)cc2n1)CCCO3. The highest BCUT2D eigenvalue weighted by atomic mass is 79.9. The van der Waals surface area contributed by atoms with Crippen LogP contribution < -0.4 is 14.4 Å². The van der Waals surface area contributed by atoms with Crippen LogP contribution in [-0.4, -0.2) is 95.7 Å². The lowest BCUT2D eigenvalue weighted by Crippen LogP contribution is -2.55. The zero-order valence-corrected chi connectivity index (χ0v) is 21.6. The van der Waals surface area contributed by atoms with Crippen LogP contribution in [0.5, 0.6) is 11.8 Å². The van der Waals surface area contributed by atoms with Crippen molar-refractivity contribution >= 4 is 38.7 Å². The fraction of sp³-hybridized carbons (Fsp3) is 0.583. The maximum atomic E-state index is 13.8. The van der Waals surface area contributed by atoms with Gasteiger partial charge in [-0.1, -0.05) is 15.9 Å². The van der Waals surface area contributed by atoms with Gasteiger partial charge < -0.3 is 24.4 Å². The van der Waals surface area contributed by atoms with E-state index in [-0.39, 0.29) is 31.6 Å². The molecule has 3 aliphatic rings. The van der Waals surface area contributed by atoms with Gasteiger partial charge in [-0.2, -0.15) is 15.2 Å². The van der Waals surface area contributed by atoms with E-state index >= 15 is 0 Å². The van der Waals surface area contributed by atoms with Crippen LogP contribution >= 0.6 is 15.9 Å². The Hall–Kier alpha value is -2.91. The largest absolute Gasteiger partial charge is 0.492 e. The van der Waals surface area contributed by atoms with Crippen molar-refractivity contribution in [2.75, 3.05) is 51.3 Å². The fourth-order valence-electron chi connectivity index (χ4n) is 5.30. The number of nitriles is 1. The van der Waals surface area contributed by atoms with Crippen LogP contribution in [0.1, 0.15) is 24.8 Å². The number of hydrogen-bond acceptors (Lipinski definition) is 8. The second-order valence-corrected chi connectivity index (χ2v) is 10.4. The maximum Gasteiger partial charge on any atom is 0.407 e. The Morgan fingerprint density at radius 3 is 2.92 bits per heavy atom. The first-order valence-corrected chi connectivity index (χ1v) is 12.9. The minimum atomic E-state index is -1.04. The monoisotopic (exact) mass is 562 g/mol. The van der Waals surface area contributed by atoms with Gasteiger partial charge in [-0.15, -0.1) is 0 Å². The van der Waals surface area contributed by atoms with Crippen molar-refractivity contribution in [2.45, 2.75) is 43.9 Å². The normalized spacial score (nSPS) is 24.3. The molecule has 4 heterocycles. The number of alkyl halides is 1. The zero-order chi connectivity index (χ0) is 25.4. The van der Waals surface area contributed by atoms with Crippen molar-refractivity contribution in [1.82, 2.24) is 19.8 Å². The van der Waals surface area contributed by atoms with Crippen molar-refractivity contribution in [3.63, 3.8) is 0 Å². The number of nitrogens with zero attached hydrogens (tertiary/aromatic N) is 6. The smallest absolute Gasteiger partial charge is 0.407 e. The van der Waals surface area contributed by atoms with E-state index in [1.807, 2.05) is 22.9 Å². The standard InChI is InChI=1S/C24H28BrFN6O4/c1-30-11-14(26)9-16(30)13-36-23-28-19-10-18(25)17-3-2-8-35-21(17)20(19)22(29-23)31-6-7-32(24(33)34)15(12-31)4-5-27/h10,14-16H,2-4,6-9,11-13H2,1H3,(H,33,34)/t14-,15?,16+/m1/s1. The first kappa shape index (κ1) is 24.8. The van der Waals surface area contributed by atoms with E-state index < -0.39 is 18.3 Å². The van der Waals surface area contributed by atoms with Gasteiger partial charge in [0, 0.05) is 42.3 Å². The summed E-state index contributed by atoms with van der Waals surface area (Å²) in [6.07, 6.45) is 0.318. The lowest BCUT2D eigenvalue weighted by Gasteiger charge is -2.40. The van der Waals surface area contributed by atoms with Gasteiger partial charge in [-0.3, -0.25) is 4.90 Å². The van der Waals surface area contributed by atoms with E-state index in [2.05, 4.69) is 27.0 Å². The molecule has 1 N–H and O–H groups in total. The Balaban J connectivity index is 1.54. The quantitative estimate of drug-likeness (QED) is 0.586. The number of carboxylic acid groups (broad SMARTS) is 1. The summed E-state index contributed by atoms with van der Waals surface area (Å²) < 4.78 is 26.8. The number of likely N-dealkylation sites (tertiary alicyclic amines) is 1. The molecule has 0 radical (unpaired) electrons. The fourth-order valence-corrected chi connectivity index (χ4v) is 5.89. The number of likely N-dealkylation sites (N-methyl/N-ethyl adjacent to an activating group) is 1. The Morgan fingerprint density at radius 1 is 1.36 bits per heavy atom. The molecule has 2 aromatic rings. The number of ether oxygens (including phenoxy) is 2. The average molecular weight is 563 g/mol. The molecule has 12 heteroatoms. The summed E-state index contributed by atoms with van der Waals surface area (Å²) in [6.45, 7) is 2.17. The second kappa shape index (κ2) is 10.2. The van der Waals surface area contributed by atoms with Crippen molar-refractivity contribution < 1.29 is 23.8 Å². The van der Waals surface area contributed by atoms with Gasteiger partial charge in [0.25, 0.3) is 0 Å². The topological polar surface area (TPSA) is 115 Å². The molecule has 0 saturated carbocycles. The predicted molar refractivity (Wildman–Crippen MR) is 133 cm³/mol. The second-order valence-electron chi connectivity index (χ2n) is 9.52. The third-order valence-corrected chi connectivity index (χ3v) is 7.87. The maximum absolute atomic E-state index is 13.8. The number of hydrogen-bond donors (Lipinski definition) is 1. The molecular weight excluding hydrogens is 535 g/mol. The molecule has 1 aromatic heterocycles. The summed E-state index contributed by atoms with van der Waals surface area (Å²) in [5.74, 6) is 1.32. The number of aromatic nitrogens is 2. The molecule has 2 saturated heterocycles. The molecule has 3 atom stereocenters. The van der Waals surface area contributed by atoms with E-state index in [1.165, 1.54) is 4.90 Å². The van der Waals surface area contributed by atoms with Crippen molar-refractivity contribution in [3.8, 4) is 17.8 Å². The summed E-state index contributed by atoms with van der Waals surface area (Å²) in [6, 6.07) is 3.65. The molecule has 0 bridgehead atoms. The average Bonchev–Trinajstić information content (AvgIpc) is 3.19. The van der Waals surface area contributed by atoms with Crippen molar-refractivity contribution in [3.05, 3.63) is 16.1 Å². The van der Waals surface area contributed by atoms with Gasteiger partial charge in [-0.05, 0) is 32.4 Å². The van der Waals surface area contributed by atoms with E-state index in [9.17, 15) is 19.6 Å². The number of carbonyl (C=O) groups is 1. The predicted octanol–water partition coefficient (Wildman–Crippen LogP) is 3.22. The van der Waals surface area contributed by atoms with Crippen LogP contribution in [-0.2, 0) is 6.42 Å². The molecular formula is C24H28BrFN6O4. The molecule has 0 aliphatic carbocycles. The Morgan fingerprint density at radius 2 is 2.19 bits per heavy atom. The Bertz CT molecular complexity index is 1210. The van der Waals surface area contributed by atoms with Gasteiger partial charge in [0.2, 0.25) is 0 Å². The van der Waals surface area contributed by atoms with E-state index in [0.717, 1.165) is 34.0 Å². The van der Waals surface area contributed by atoms with Crippen LogP contribution in [0.3, 0.4) is 0 Å². The van der Waals surface area contributed by atoms with E-state index in [4.69, 9.17) is 14.5 Å². The van der Waals surface area contributed by atoms with Crippen LogP contribution in [0.2, 0.25) is 0 Å². The lowest BCUT2D eigenvalue weighted by atomic mass is 10.0. The highest BCUT2D eigenvalue weighted by Crippen LogP contribution is 2.43. The number of anilines is 1. The molecule has 0 spiro atoms. The highest BCUT2D eigenvalue weighted by molar-refractivity contribution is 9.10. The van der Waals surface area contributed by atoms with Gasteiger partial charge >= 0.3 is 12.1 Å².